The Bertz CT molecular complexity index is 563. The number of carbonyl (C=O) groups is 1. The van der Waals surface area contributed by atoms with Crippen LogP contribution in [0.2, 0.25) is 0 Å². The van der Waals surface area contributed by atoms with Crippen molar-refractivity contribution >= 4 is 17.7 Å². The Morgan fingerprint density at radius 3 is 2.84 bits per heavy atom. The molecule has 1 aromatic heterocycles. The molecule has 0 radical (unpaired) electrons. The van der Waals surface area contributed by atoms with Crippen LogP contribution < -0.4 is 5.32 Å². The van der Waals surface area contributed by atoms with Crippen LogP contribution >= 0.6 is 11.3 Å². The van der Waals surface area contributed by atoms with Gasteiger partial charge in [-0.3, -0.25) is 4.79 Å². The maximum Gasteiger partial charge on any atom is 0.207 e. The van der Waals surface area contributed by atoms with Gasteiger partial charge in [0.2, 0.25) is 6.41 Å². The van der Waals surface area contributed by atoms with Gasteiger partial charge in [0.05, 0.1) is 16.1 Å². The van der Waals surface area contributed by atoms with Crippen LogP contribution in [0.4, 0.5) is 0 Å². The van der Waals surface area contributed by atoms with Crippen LogP contribution in [0.15, 0.2) is 23.7 Å². The Morgan fingerprint density at radius 2 is 2.21 bits per heavy atom. The fourth-order valence-electron chi connectivity index (χ4n) is 2.17. The quantitative estimate of drug-likeness (QED) is 0.821. The number of amides is 1. The lowest BCUT2D eigenvalue weighted by atomic mass is 9.99. The fourth-order valence-corrected chi connectivity index (χ4v) is 2.97. The van der Waals surface area contributed by atoms with Gasteiger partial charge in [-0.1, -0.05) is 25.5 Å². The summed E-state index contributed by atoms with van der Waals surface area (Å²) in [6.07, 6.45) is 2.87. The minimum absolute atomic E-state index is 0.598. The molecular formula is C15H18N2OS. The maximum absolute atomic E-state index is 10.4. The summed E-state index contributed by atoms with van der Waals surface area (Å²) in [7, 11) is 0. The minimum atomic E-state index is 0.598. The maximum atomic E-state index is 10.4. The van der Waals surface area contributed by atoms with Crippen molar-refractivity contribution in [2.75, 3.05) is 0 Å². The van der Waals surface area contributed by atoms with Gasteiger partial charge in [-0.25, -0.2) is 4.98 Å². The van der Waals surface area contributed by atoms with Gasteiger partial charge in [-0.05, 0) is 36.1 Å². The molecule has 0 aliphatic heterocycles. The largest absolute Gasteiger partial charge is 0.355 e. The minimum Gasteiger partial charge on any atom is -0.355 e. The molecule has 0 saturated heterocycles. The molecule has 1 amide bonds. The summed E-state index contributed by atoms with van der Waals surface area (Å²) in [4.78, 5) is 16.0. The average Bonchev–Trinajstić information content (AvgIpc) is 2.84. The van der Waals surface area contributed by atoms with Crippen molar-refractivity contribution in [1.29, 1.82) is 0 Å². The number of rotatable bonds is 6. The molecule has 1 heterocycles. The first-order valence-corrected chi connectivity index (χ1v) is 7.33. The van der Waals surface area contributed by atoms with Gasteiger partial charge in [0.15, 0.2) is 0 Å². The first kappa shape index (κ1) is 13.7. The second-order valence-corrected chi connectivity index (χ2v) is 5.35. The molecular weight excluding hydrogens is 256 g/mol. The number of carbonyl (C=O) groups excluding carboxylic acids is 1. The van der Waals surface area contributed by atoms with Gasteiger partial charge in [0, 0.05) is 6.54 Å². The van der Waals surface area contributed by atoms with E-state index in [1.54, 1.807) is 11.3 Å². The molecule has 0 unspecified atom stereocenters. The third-order valence-electron chi connectivity index (χ3n) is 3.11. The molecule has 2 rings (SSSR count). The molecule has 0 spiro atoms. The predicted octanol–water partition coefficient (Wildman–Crippen LogP) is 3.32. The molecule has 1 aromatic carbocycles. The van der Waals surface area contributed by atoms with Crippen LogP contribution in [0.1, 0.15) is 30.2 Å². The Hall–Kier alpha value is -1.68. The first-order chi connectivity index (χ1) is 9.26. The van der Waals surface area contributed by atoms with E-state index in [4.69, 9.17) is 0 Å². The molecule has 1 N–H and O–H groups in total. The summed E-state index contributed by atoms with van der Waals surface area (Å²) in [6.45, 7) is 4.80. The Balaban J connectivity index is 2.35. The van der Waals surface area contributed by atoms with Crippen molar-refractivity contribution < 1.29 is 4.79 Å². The number of nitrogens with zero attached hydrogens (tertiary/aromatic N) is 1. The zero-order chi connectivity index (χ0) is 13.7. The van der Waals surface area contributed by atoms with Crippen LogP contribution in [-0.4, -0.2) is 11.4 Å². The van der Waals surface area contributed by atoms with Gasteiger partial charge in [-0.15, -0.1) is 11.3 Å². The molecule has 0 atom stereocenters. The molecule has 0 bridgehead atoms. The number of aryl methyl sites for hydroxylation is 2. The van der Waals surface area contributed by atoms with Gasteiger partial charge >= 0.3 is 0 Å². The highest BCUT2D eigenvalue weighted by atomic mass is 32.1. The highest BCUT2D eigenvalue weighted by Crippen LogP contribution is 2.29. The molecule has 0 saturated carbocycles. The number of hydrogen-bond acceptors (Lipinski definition) is 3. The first-order valence-electron chi connectivity index (χ1n) is 6.45. The van der Waals surface area contributed by atoms with Crippen molar-refractivity contribution in [2.24, 2.45) is 0 Å². The topological polar surface area (TPSA) is 42.0 Å². The third kappa shape index (κ3) is 3.20. The molecule has 100 valence electrons. The Labute approximate surface area is 117 Å². The average molecular weight is 274 g/mol. The normalized spacial score (nSPS) is 10.4. The van der Waals surface area contributed by atoms with Crippen LogP contribution in [-0.2, 0) is 17.8 Å². The van der Waals surface area contributed by atoms with Crippen molar-refractivity contribution in [3.05, 3.63) is 40.5 Å². The highest BCUT2D eigenvalue weighted by Gasteiger charge is 2.08. The van der Waals surface area contributed by atoms with E-state index in [-0.39, 0.29) is 0 Å². The van der Waals surface area contributed by atoms with Crippen LogP contribution in [0.25, 0.3) is 10.4 Å². The lowest BCUT2D eigenvalue weighted by molar-refractivity contribution is -0.109. The lowest BCUT2D eigenvalue weighted by Gasteiger charge is -2.10. The summed E-state index contributed by atoms with van der Waals surface area (Å²) in [6, 6.07) is 6.45. The van der Waals surface area contributed by atoms with Crippen LogP contribution in [0, 0.1) is 6.92 Å². The van der Waals surface area contributed by atoms with Crippen molar-refractivity contribution in [2.45, 2.75) is 33.2 Å². The predicted molar refractivity (Wildman–Crippen MR) is 79.2 cm³/mol. The molecule has 4 heteroatoms. The van der Waals surface area contributed by atoms with E-state index in [1.807, 2.05) is 12.4 Å². The van der Waals surface area contributed by atoms with E-state index in [9.17, 15) is 4.79 Å². The number of hydrogen-bond donors (Lipinski definition) is 1. The molecule has 0 aliphatic carbocycles. The van der Waals surface area contributed by atoms with Crippen LogP contribution in [0.5, 0.6) is 0 Å². The highest BCUT2D eigenvalue weighted by molar-refractivity contribution is 7.13. The lowest BCUT2D eigenvalue weighted by Crippen LogP contribution is -2.11. The number of nitrogens with one attached hydrogen (secondary N) is 1. The smallest absolute Gasteiger partial charge is 0.207 e. The number of thiazole rings is 1. The third-order valence-corrected chi connectivity index (χ3v) is 4.09. The monoisotopic (exact) mass is 274 g/mol. The zero-order valence-corrected chi connectivity index (χ0v) is 12.1. The van der Waals surface area contributed by atoms with E-state index in [0.717, 1.165) is 24.9 Å². The second kappa shape index (κ2) is 6.48. The van der Waals surface area contributed by atoms with E-state index in [2.05, 4.69) is 35.4 Å². The summed E-state index contributed by atoms with van der Waals surface area (Å²) >= 11 is 1.67. The summed E-state index contributed by atoms with van der Waals surface area (Å²) in [5, 5.41) is 2.74. The van der Waals surface area contributed by atoms with E-state index < -0.39 is 0 Å². The second-order valence-electron chi connectivity index (χ2n) is 4.50. The molecule has 19 heavy (non-hydrogen) atoms. The zero-order valence-electron chi connectivity index (χ0n) is 11.3. The summed E-state index contributed by atoms with van der Waals surface area (Å²) < 4.78 is 0. The van der Waals surface area contributed by atoms with Gasteiger partial charge < -0.3 is 5.32 Å². The number of aromatic nitrogens is 1. The molecule has 0 aliphatic rings. The SMILES string of the molecule is CCCc1cc(-c2scnc2C)ccc1CNC=O. The van der Waals surface area contributed by atoms with Gasteiger partial charge in [0.1, 0.15) is 0 Å². The van der Waals surface area contributed by atoms with Crippen molar-refractivity contribution in [3.63, 3.8) is 0 Å². The number of benzene rings is 1. The van der Waals surface area contributed by atoms with Gasteiger partial charge in [0.25, 0.3) is 0 Å². The van der Waals surface area contributed by atoms with Crippen LogP contribution in [0.3, 0.4) is 0 Å². The Kier molecular flexibility index (Phi) is 4.68. The summed E-state index contributed by atoms with van der Waals surface area (Å²) in [5.41, 5.74) is 6.68. The Morgan fingerprint density at radius 1 is 1.37 bits per heavy atom. The van der Waals surface area contributed by atoms with Crippen molar-refractivity contribution in [1.82, 2.24) is 10.3 Å². The fraction of sp³-hybridized carbons (Fsp3) is 0.333. The van der Waals surface area contributed by atoms with Crippen molar-refractivity contribution in [3.8, 4) is 10.4 Å². The molecule has 3 nitrogen and oxygen atoms in total. The standard InChI is InChI=1S/C15H18N2OS/c1-3-4-12-7-13(15-11(2)17-10-19-15)5-6-14(12)8-16-9-18/h5-7,9-10H,3-4,8H2,1-2H3,(H,16,18). The van der Waals surface area contributed by atoms with E-state index >= 15 is 0 Å². The van der Waals surface area contributed by atoms with E-state index in [1.165, 1.54) is 21.6 Å². The van der Waals surface area contributed by atoms with E-state index in [0.29, 0.717) is 6.54 Å². The molecule has 0 fully saturated rings. The summed E-state index contributed by atoms with van der Waals surface area (Å²) in [5.74, 6) is 0. The van der Waals surface area contributed by atoms with Gasteiger partial charge in [-0.2, -0.15) is 0 Å². The molecule has 2 aromatic rings.